The summed E-state index contributed by atoms with van der Waals surface area (Å²) in [4.78, 5) is 2.13. The first-order valence-corrected chi connectivity index (χ1v) is 11.5. The van der Waals surface area contributed by atoms with Crippen LogP contribution in [0, 0.1) is 23.7 Å². The minimum absolute atomic E-state index is 0.0456. The predicted molar refractivity (Wildman–Crippen MR) is 106 cm³/mol. The van der Waals surface area contributed by atoms with Crippen LogP contribution in [-0.4, -0.2) is 99.0 Å². The van der Waals surface area contributed by atoms with E-state index in [0.717, 1.165) is 52.2 Å². The number of alkyl halides is 3. The lowest BCUT2D eigenvalue weighted by atomic mass is 9.76. The second kappa shape index (κ2) is 8.15. The van der Waals surface area contributed by atoms with Gasteiger partial charge < -0.3 is 14.8 Å². The van der Waals surface area contributed by atoms with E-state index in [-0.39, 0.29) is 30.6 Å². The maximum absolute atomic E-state index is 13.7. The lowest BCUT2D eigenvalue weighted by Gasteiger charge is -2.45. The van der Waals surface area contributed by atoms with Gasteiger partial charge in [0.1, 0.15) is 0 Å². The molecule has 172 valence electrons. The first kappa shape index (κ1) is 21.4. The Hall–Kier alpha value is -0.450. The molecule has 0 aromatic carbocycles. The molecule has 1 N–H and O–H groups in total. The van der Waals surface area contributed by atoms with E-state index >= 15 is 0 Å². The summed E-state index contributed by atoms with van der Waals surface area (Å²) in [7, 11) is 4.13. The number of rotatable bonds is 3. The molecule has 0 amide bonds. The van der Waals surface area contributed by atoms with Crippen molar-refractivity contribution in [3.63, 3.8) is 0 Å². The second-order valence-electron chi connectivity index (χ2n) is 10.1. The fraction of sp³-hybridized carbons (Fsp3) is 1.00. The van der Waals surface area contributed by atoms with Crippen LogP contribution in [0.5, 0.6) is 0 Å². The summed E-state index contributed by atoms with van der Waals surface area (Å²) in [5.41, 5.74) is 0. The van der Waals surface area contributed by atoms with Gasteiger partial charge in [0.25, 0.3) is 0 Å². The molecule has 9 heteroatoms. The topological polar surface area (TPSA) is 40.2 Å². The molecule has 5 heterocycles. The van der Waals surface area contributed by atoms with E-state index in [9.17, 15) is 13.2 Å². The quantitative estimate of drug-likeness (QED) is 0.733. The maximum atomic E-state index is 13.7. The van der Waals surface area contributed by atoms with Crippen LogP contribution in [0.3, 0.4) is 0 Å². The van der Waals surface area contributed by atoms with Gasteiger partial charge >= 0.3 is 6.18 Å². The third-order valence-electron chi connectivity index (χ3n) is 8.46. The van der Waals surface area contributed by atoms with Crippen molar-refractivity contribution >= 4 is 0 Å². The summed E-state index contributed by atoms with van der Waals surface area (Å²) >= 11 is 0. The molecule has 0 saturated carbocycles. The Morgan fingerprint density at radius 3 is 2.37 bits per heavy atom. The van der Waals surface area contributed by atoms with Gasteiger partial charge in [0, 0.05) is 57.3 Å². The zero-order valence-electron chi connectivity index (χ0n) is 18.0. The number of ether oxygens (including phenoxy) is 2. The zero-order chi connectivity index (χ0) is 21.0. The molecular formula is C21H35F3N4O2. The standard InChI is InChI=1S/C21H35F3N4O2/c1-26-10-14(7-16-17(21(22,23)24)9-25-20(16)26)18-8-19(13-3-5-29-11-13)28(27(18)2)15-4-6-30-12-15/h13-20,25H,3-12H2,1-2H3. The SMILES string of the molecule is CN1CC(C2CC(C3CCOC3)N(C3CCOC3)N2C)CC2C1NCC2C(F)(F)F. The van der Waals surface area contributed by atoms with Gasteiger partial charge in [-0.25, -0.2) is 10.0 Å². The Morgan fingerprint density at radius 1 is 0.933 bits per heavy atom. The normalized spacial score (nSPS) is 46.7. The van der Waals surface area contributed by atoms with Crippen molar-refractivity contribution in [1.82, 2.24) is 20.2 Å². The summed E-state index contributed by atoms with van der Waals surface area (Å²) in [6.45, 7) is 4.05. The highest BCUT2D eigenvalue weighted by atomic mass is 19.4. The molecule has 5 aliphatic rings. The smallest absolute Gasteiger partial charge is 0.381 e. The van der Waals surface area contributed by atoms with Crippen molar-refractivity contribution < 1.29 is 22.6 Å². The molecule has 0 radical (unpaired) electrons. The van der Waals surface area contributed by atoms with Crippen LogP contribution >= 0.6 is 0 Å². The first-order chi connectivity index (χ1) is 14.3. The fourth-order valence-corrected chi connectivity index (χ4v) is 7.03. The van der Waals surface area contributed by atoms with Gasteiger partial charge in [-0.05, 0) is 38.6 Å². The minimum atomic E-state index is -4.13. The molecule has 5 fully saturated rings. The van der Waals surface area contributed by atoms with Crippen molar-refractivity contribution in [3.8, 4) is 0 Å². The van der Waals surface area contributed by atoms with Crippen molar-refractivity contribution in [2.24, 2.45) is 23.7 Å². The molecule has 30 heavy (non-hydrogen) atoms. The minimum Gasteiger partial charge on any atom is -0.381 e. The van der Waals surface area contributed by atoms with Crippen molar-refractivity contribution in [3.05, 3.63) is 0 Å². The third kappa shape index (κ3) is 3.69. The van der Waals surface area contributed by atoms with Crippen LogP contribution in [0.15, 0.2) is 0 Å². The number of nitrogens with zero attached hydrogens (tertiary/aromatic N) is 3. The highest BCUT2D eigenvalue weighted by Gasteiger charge is 2.56. The van der Waals surface area contributed by atoms with Gasteiger partial charge in [-0.2, -0.15) is 13.2 Å². The first-order valence-electron chi connectivity index (χ1n) is 11.5. The van der Waals surface area contributed by atoms with Crippen molar-refractivity contribution in [2.75, 3.05) is 53.6 Å². The van der Waals surface area contributed by atoms with E-state index < -0.39 is 12.1 Å². The van der Waals surface area contributed by atoms with Gasteiger partial charge in [0.2, 0.25) is 0 Å². The number of halogens is 3. The van der Waals surface area contributed by atoms with Crippen LogP contribution < -0.4 is 5.32 Å². The molecule has 8 atom stereocenters. The van der Waals surface area contributed by atoms with Gasteiger partial charge in [0.15, 0.2) is 0 Å². The highest BCUT2D eigenvalue weighted by molar-refractivity contribution is 5.03. The number of hydrazine groups is 1. The third-order valence-corrected chi connectivity index (χ3v) is 8.46. The number of nitrogens with one attached hydrogen (secondary N) is 1. The summed E-state index contributed by atoms with van der Waals surface area (Å²) in [5.74, 6) is -0.858. The number of fused-ring (bicyclic) bond motifs is 1. The predicted octanol–water partition coefficient (Wildman–Crippen LogP) is 1.78. The monoisotopic (exact) mass is 432 g/mol. The van der Waals surface area contributed by atoms with E-state index in [4.69, 9.17) is 9.47 Å². The average Bonchev–Trinajstić information content (AvgIpc) is 3.46. The average molecular weight is 433 g/mol. The molecule has 0 bridgehead atoms. The largest absolute Gasteiger partial charge is 0.393 e. The summed E-state index contributed by atoms with van der Waals surface area (Å²) in [6, 6.07) is 1.04. The van der Waals surface area contributed by atoms with Gasteiger partial charge in [-0.1, -0.05) is 0 Å². The Labute approximate surface area is 177 Å². The number of piperidine rings is 1. The molecule has 5 saturated heterocycles. The van der Waals surface area contributed by atoms with E-state index in [1.165, 1.54) is 0 Å². The van der Waals surface area contributed by atoms with Gasteiger partial charge in [-0.15, -0.1) is 0 Å². The molecule has 0 aromatic heterocycles. The van der Waals surface area contributed by atoms with E-state index in [0.29, 0.717) is 24.4 Å². The molecular weight excluding hydrogens is 397 g/mol. The molecule has 0 aliphatic carbocycles. The number of hydrogen-bond donors (Lipinski definition) is 1. The molecule has 0 spiro atoms. The van der Waals surface area contributed by atoms with Crippen molar-refractivity contribution in [2.45, 2.75) is 56.2 Å². The van der Waals surface area contributed by atoms with Crippen LogP contribution in [0.1, 0.15) is 25.7 Å². The Bertz CT molecular complexity index is 612. The lowest BCUT2D eigenvalue weighted by Crippen LogP contribution is -2.56. The molecule has 5 aliphatic heterocycles. The summed E-state index contributed by atoms with van der Waals surface area (Å²) in [5, 5.41) is 8.05. The summed E-state index contributed by atoms with van der Waals surface area (Å²) in [6.07, 6.45) is -0.530. The maximum Gasteiger partial charge on any atom is 0.393 e. The van der Waals surface area contributed by atoms with Gasteiger partial charge in [-0.3, -0.25) is 4.90 Å². The van der Waals surface area contributed by atoms with Crippen LogP contribution in [0.4, 0.5) is 13.2 Å². The van der Waals surface area contributed by atoms with Crippen molar-refractivity contribution in [1.29, 1.82) is 0 Å². The molecule has 0 aromatic rings. The van der Waals surface area contributed by atoms with E-state index in [1.807, 2.05) is 7.05 Å². The lowest BCUT2D eigenvalue weighted by molar-refractivity contribution is -0.187. The Kier molecular flexibility index (Phi) is 5.82. The molecule has 8 unspecified atom stereocenters. The number of likely N-dealkylation sites (tertiary alicyclic amines) is 1. The number of hydrogen-bond acceptors (Lipinski definition) is 6. The summed E-state index contributed by atoms with van der Waals surface area (Å²) < 4.78 is 52.4. The Morgan fingerprint density at radius 2 is 1.70 bits per heavy atom. The fourth-order valence-electron chi connectivity index (χ4n) is 7.03. The second-order valence-corrected chi connectivity index (χ2v) is 10.1. The highest BCUT2D eigenvalue weighted by Crippen LogP contribution is 2.46. The Balaban J connectivity index is 1.36. The van der Waals surface area contributed by atoms with Crippen LogP contribution in [0.25, 0.3) is 0 Å². The van der Waals surface area contributed by atoms with Crippen LogP contribution in [0.2, 0.25) is 0 Å². The van der Waals surface area contributed by atoms with E-state index in [1.54, 1.807) is 0 Å². The molecule has 6 nitrogen and oxygen atoms in total. The van der Waals surface area contributed by atoms with E-state index in [2.05, 4.69) is 27.3 Å². The zero-order valence-corrected chi connectivity index (χ0v) is 18.0. The molecule has 5 rings (SSSR count). The van der Waals surface area contributed by atoms with Crippen LogP contribution in [-0.2, 0) is 9.47 Å². The van der Waals surface area contributed by atoms with Gasteiger partial charge in [0.05, 0.1) is 31.3 Å².